The number of alkyl halides is 4. The van der Waals surface area contributed by atoms with Gasteiger partial charge in [0.2, 0.25) is 0 Å². The molecule has 0 unspecified atom stereocenters. The molecule has 36 heavy (non-hydrogen) atoms. The molecule has 186 valence electrons. The van der Waals surface area contributed by atoms with E-state index in [-0.39, 0.29) is 49.4 Å². The first-order valence-corrected chi connectivity index (χ1v) is 11.5. The molecule has 1 aromatic heterocycles. The number of likely N-dealkylation sites (tertiary alicyclic amines) is 1. The number of amides is 1. The van der Waals surface area contributed by atoms with E-state index >= 15 is 0 Å². The van der Waals surface area contributed by atoms with Crippen LogP contribution in [-0.2, 0) is 0 Å². The van der Waals surface area contributed by atoms with Crippen LogP contribution in [0.15, 0.2) is 36.4 Å². The van der Waals surface area contributed by atoms with Gasteiger partial charge in [0.25, 0.3) is 11.8 Å². The molecule has 0 saturated carbocycles. The molecule has 6 rings (SSSR count). The van der Waals surface area contributed by atoms with Gasteiger partial charge >= 0.3 is 6.61 Å². The first-order valence-electron chi connectivity index (χ1n) is 13.0. The zero-order chi connectivity index (χ0) is 27.7. The minimum Gasteiger partial charge on any atom is -0.434 e. The largest absolute Gasteiger partial charge is 0.434 e. The summed E-state index contributed by atoms with van der Waals surface area (Å²) >= 11 is 0. The van der Waals surface area contributed by atoms with Gasteiger partial charge in [0, 0.05) is 47.2 Å². The molecule has 0 radical (unpaired) electrons. The highest BCUT2D eigenvalue weighted by Gasteiger charge is 2.45. The molecule has 0 N–H and O–H groups in total. The van der Waals surface area contributed by atoms with E-state index in [0.717, 1.165) is 4.90 Å². The van der Waals surface area contributed by atoms with Crippen molar-refractivity contribution < 1.29 is 31.2 Å². The van der Waals surface area contributed by atoms with Gasteiger partial charge in [-0.25, -0.2) is 13.8 Å². The summed E-state index contributed by atoms with van der Waals surface area (Å²) in [6, 6.07) is 7.64. The van der Waals surface area contributed by atoms with E-state index in [2.05, 4.69) is 16.8 Å². The molecule has 1 saturated heterocycles. The summed E-state index contributed by atoms with van der Waals surface area (Å²) in [6.45, 7) is -5.85. The number of carbonyl (C=O) groups excluding carboxylic acids is 1. The summed E-state index contributed by atoms with van der Waals surface area (Å²) in [5.41, 5.74) is 1.82. The molecule has 3 aliphatic rings. The van der Waals surface area contributed by atoms with Crippen LogP contribution in [0.5, 0.6) is 5.75 Å². The van der Waals surface area contributed by atoms with Gasteiger partial charge in [-0.1, -0.05) is 17.9 Å². The lowest BCUT2D eigenvalue weighted by molar-refractivity contribution is -0.0507. The van der Waals surface area contributed by atoms with Gasteiger partial charge < -0.3 is 14.2 Å². The number of imidazole rings is 1. The summed E-state index contributed by atoms with van der Waals surface area (Å²) in [7, 11) is 0. The van der Waals surface area contributed by atoms with Gasteiger partial charge in [-0.2, -0.15) is 8.78 Å². The number of benzene rings is 2. The van der Waals surface area contributed by atoms with E-state index < -0.39 is 37.5 Å². The first-order chi connectivity index (χ1) is 18.4. The molecule has 1 amide bonds. The van der Waals surface area contributed by atoms with Crippen LogP contribution in [0, 0.1) is 11.8 Å². The van der Waals surface area contributed by atoms with Crippen molar-refractivity contribution >= 4 is 16.9 Å². The summed E-state index contributed by atoms with van der Waals surface area (Å²) in [6.07, 6.45) is -0.0856. The van der Waals surface area contributed by atoms with E-state index in [0.29, 0.717) is 22.4 Å². The lowest BCUT2D eigenvalue weighted by Crippen LogP contribution is -2.30. The molecule has 0 spiro atoms. The van der Waals surface area contributed by atoms with Crippen molar-refractivity contribution in [3.05, 3.63) is 58.9 Å². The standard InChI is InChI=1S/C26H22F4N4O2/c1-32-20-13-19(22-16(24(32)35)5-2-6-21(22)36-25(27)28)34-18-12-15(7-8-17(18)31-23(20)34)4-3-10-33-11-9-26(29,30)14-33/h2,5-8,12,19-20,25H,9-11,13-14H2,1H3/t19-,20-/m1/s1/i1D3. The number of aromatic nitrogens is 2. The number of hydrogen-bond donors (Lipinski definition) is 0. The van der Waals surface area contributed by atoms with Gasteiger partial charge in [0.05, 0.1) is 36.2 Å². The van der Waals surface area contributed by atoms with E-state index in [4.69, 9.17) is 8.85 Å². The Balaban J connectivity index is 1.46. The van der Waals surface area contributed by atoms with Crippen molar-refractivity contribution in [3.8, 4) is 17.6 Å². The van der Waals surface area contributed by atoms with Gasteiger partial charge in [-0.15, -0.1) is 0 Å². The van der Waals surface area contributed by atoms with Gasteiger partial charge in [0.1, 0.15) is 11.6 Å². The third-order valence-electron chi connectivity index (χ3n) is 6.93. The second kappa shape index (κ2) is 8.23. The van der Waals surface area contributed by atoms with Gasteiger partial charge in [0.15, 0.2) is 0 Å². The van der Waals surface area contributed by atoms with Crippen LogP contribution in [0.2, 0.25) is 0 Å². The molecular weight excluding hydrogens is 476 g/mol. The maximum absolute atomic E-state index is 13.5. The van der Waals surface area contributed by atoms with Crippen LogP contribution >= 0.6 is 0 Å². The molecule has 2 bridgehead atoms. The lowest BCUT2D eigenvalue weighted by Gasteiger charge is -2.24. The van der Waals surface area contributed by atoms with E-state index in [9.17, 15) is 22.4 Å². The maximum Gasteiger partial charge on any atom is 0.387 e. The quantitative estimate of drug-likeness (QED) is 0.393. The van der Waals surface area contributed by atoms with Gasteiger partial charge in [-0.05, 0) is 30.3 Å². The normalized spacial score (nSPS) is 24.0. The minimum atomic E-state index is -3.15. The Morgan fingerprint density at radius 3 is 2.89 bits per heavy atom. The molecule has 4 heterocycles. The second-order valence-electron chi connectivity index (χ2n) is 9.20. The Hall–Kier alpha value is -3.58. The summed E-state index contributed by atoms with van der Waals surface area (Å²) in [5.74, 6) is 2.50. The second-order valence-corrected chi connectivity index (χ2v) is 9.20. The number of carbonyl (C=O) groups is 1. The van der Waals surface area contributed by atoms with Crippen LogP contribution in [0.4, 0.5) is 17.6 Å². The van der Waals surface area contributed by atoms with Crippen LogP contribution in [-0.4, -0.2) is 64.4 Å². The SMILES string of the molecule is [2H]C([2H])([2H])N1C(=O)c2cccc(OC(F)F)c2[C@H]2C[C@@H]1c1nc3ccc(C#CCN4CCC(F)(F)C4)cc3n12. The van der Waals surface area contributed by atoms with Crippen molar-refractivity contribution in [2.75, 3.05) is 26.6 Å². The maximum atomic E-state index is 13.5. The van der Waals surface area contributed by atoms with Crippen LogP contribution in [0.3, 0.4) is 0 Å². The fraction of sp³-hybridized carbons (Fsp3) is 0.385. The highest BCUT2D eigenvalue weighted by atomic mass is 19.3. The minimum absolute atomic E-state index is 0.0253. The monoisotopic (exact) mass is 501 g/mol. The molecule has 3 aliphatic heterocycles. The van der Waals surface area contributed by atoms with Crippen LogP contribution in [0.25, 0.3) is 11.0 Å². The van der Waals surface area contributed by atoms with Gasteiger partial charge in [-0.3, -0.25) is 9.69 Å². The third-order valence-corrected chi connectivity index (χ3v) is 6.93. The predicted molar refractivity (Wildman–Crippen MR) is 123 cm³/mol. The number of halogens is 4. The molecule has 10 heteroatoms. The Morgan fingerprint density at radius 2 is 2.14 bits per heavy atom. The van der Waals surface area contributed by atoms with Crippen molar-refractivity contribution in [3.63, 3.8) is 0 Å². The Bertz CT molecular complexity index is 1550. The van der Waals surface area contributed by atoms with E-state index in [1.807, 2.05) is 0 Å². The van der Waals surface area contributed by atoms with Crippen molar-refractivity contribution in [2.45, 2.75) is 37.5 Å². The third kappa shape index (κ3) is 3.69. The number of nitrogens with zero attached hydrogens (tertiary/aromatic N) is 4. The number of fused-ring (bicyclic) bond motifs is 9. The molecule has 0 aliphatic carbocycles. The number of rotatable bonds is 3. The molecule has 6 nitrogen and oxygen atoms in total. The molecule has 1 fully saturated rings. The molecule has 2 atom stereocenters. The Kier molecular flexibility index (Phi) is 4.48. The molecule has 3 aromatic rings. The number of ether oxygens (including phenoxy) is 1. The highest BCUT2D eigenvalue weighted by molar-refractivity contribution is 5.97. The van der Waals surface area contributed by atoms with Crippen LogP contribution in [0.1, 0.15) is 56.3 Å². The molecular formula is C26H22F4N4O2. The smallest absolute Gasteiger partial charge is 0.387 e. The van der Waals surface area contributed by atoms with E-state index in [1.54, 1.807) is 27.7 Å². The average Bonchev–Trinajstić information content (AvgIpc) is 3.47. The first kappa shape index (κ1) is 19.6. The average molecular weight is 501 g/mol. The topological polar surface area (TPSA) is 50.6 Å². The Morgan fingerprint density at radius 1 is 1.28 bits per heavy atom. The lowest BCUT2D eigenvalue weighted by atomic mass is 9.97. The van der Waals surface area contributed by atoms with E-state index in [1.165, 1.54) is 18.2 Å². The zero-order valence-corrected chi connectivity index (χ0v) is 18.8. The van der Waals surface area contributed by atoms with Crippen molar-refractivity contribution in [1.82, 2.24) is 19.4 Å². The number of hydrogen-bond acceptors (Lipinski definition) is 4. The summed E-state index contributed by atoms with van der Waals surface area (Å²) in [4.78, 5) is 20.5. The summed E-state index contributed by atoms with van der Waals surface area (Å²) in [5, 5.41) is 0. The predicted octanol–water partition coefficient (Wildman–Crippen LogP) is 4.45. The van der Waals surface area contributed by atoms with Crippen LogP contribution < -0.4 is 4.74 Å². The Labute approximate surface area is 208 Å². The fourth-order valence-electron chi connectivity index (χ4n) is 5.38. The molecule has 2 aromatic carbocycles. The fourth-order valence-corrected chi connectivity index (χ4v) is 5.38. The zero-order valence-electron chi connectivity index (χ0n) is 21.8. The summed E-state index contributed by atoms with van der Waals surface area (Å²) < 4.78 is 84.3. The highest BCUT2D eigenvalue weighted by Crippen LogP contribution is 2.49. The van der Waals surface area contributed by atoms with Crippen molar-refractivity contribution in [2.24, 2.45) is 0 Å². The van der Waals surface area contributed by atoms with Crippen molar-refractivity contribution in [1.29, 1.82) is 0 Å².